The van der Waals surface area contributed by atoms with Crippen LogP contribution in [-0.4, -0.2) is 25.0 Å². The summed E-state index contributed by atoms with van der Waals surface area (Å²) in [4.78, 5) is 5.35. The van der Waals surface area contributed by atoms with Crippen LogP contribution in [0.5, 0.6) is 5.75 Å². The molecule has 0 aromatic heterocycles. The monoisotopic (exact) mass is 220 g/mol. The summed E-state index contributed by atoms with van der Waals surface area (Å²) in [5, 5.41) is 4.09. The predicted molar refractivity (Wildman–Crippen MR) is 62.7 cm³/mol. The standard InChI is InChI=1S/C12H16N2O2/c1-12(8-13)7-11(14-16-12)9-4-3-5-10(6-9)15-2/h3-6H,7-8,13H2,1-2H3. The van der Waals surface area contributed by atoms with Crippen molar-refractivity contribution in [2.45, 2.75) is 18.9 Å². The van der Waals surface area contributed by atoms with Crippen molar-refractivity contribution in [1.29, 1.82) is 0 Å². The molecule has 0 radical (unpaired) electrons. The van der Waals surface area contributed by atoms with Crippen molar-refractivity contribution in [2.24, 2.45) is 10.9 Å². The lowest BCUT2D eigenvalue weighted by molar-refractivity contribution is 0.00422. The van der Waals surface area contributed by atoms with Gasteiger partial charge in [0.15, 0.2) is 5.60 Å². The second kappa shape index (κ2) is 4.14. The Morgan fingerprint density at radius 1 is 1.56 bits per heavy atom. The van der Waals surface area contributed by atoms with Gasteiger partial charge in [-0.3, -0.25) is 0 Å². The summed E-state index contributed by atoms with van der Waals surface area (Å²) in [6, 6.07) is 7.79. The molecule has 0 bridgehead atoms. The first-order chi connectivity index (χ1) is 7.67. The van der Waals surface area contributed by atoms with Gasteiger partial charge in [0.25, 0.3) is 0 Å². The maximum Gasteiger partial charge on any atom is 0.152 e. The highest BCUT2D eigenvalue weighted by molar-refractivity contribution is 6.01. The molecule has 1 aliphatic heterocycles. The second-order valence-electron chi connectivity index (χ2n) is 4.19. The van der Waals surface area contributed by atoms with Crippen LogP contribution in [0.25, 0.3) is 0 Å². The fourth-order valence-electron chi connectivity index (χ4n) is 1.65. The highest BCUT2D eigenvalue weighted by Crippen LogP contribution is 2.26. The average molecular weight is 220 g/mol. The van der Waals surface area contributed by atoms with Crippen LogP contribution in [0.1, 0.15) is 18.9 Å². The van der Waals surface area contributed by atoms with Gasteiger partial charge < -0.3 is 15.3 Å². The van der Waals surface area contributed by atoms with E-state index in [2.05, 4.69) is 5.16 Å². The SMILES string of the molecule is COc1cccc(C2=NOC(C)(CN)C2)c1. The molecule has 2 N–H and O–H groups in total. The van der Waals surface area contributed by atoms with E-state index in [0.717, 1.165) is 23.4 Å². The molecule has 1 atom stereocenters. The number of methoxy groups -OCH3 is 1. The molecule has 1 aliphatic rings. The number of benzene rings is 1. The van der Waals surface area contributed by atoms with Gasteiger partial charge in [0.05, 0.1) is 12.8 Å². The summed E-state index contributed by atoms with van der Waals surface area (Å²) in [5.41, 5.74) is 7.23. The van der Waals surface area contributed by atoms with Crippen molar-refractivity contribution in [2.75, 3.05) is 13.7 Å². The smallest absolute Gasteiger partial charge is 0.152 e. The molecular weight excluding hydrogens is 204 g/mol. The van der Waals surface area contributed by atoms with Gasteiger partial charge >= 0.3 is 0 Å². The summed E-state index contributed by atoms with van der Waals surface area (Å²) in [7, 11) is 1.65. The van der Waals surface area contributed by atoms with Crippen LogP contribution in [0.2, 0.25) is 0 Å². The number of ether oxygens (including phenoxy) is 1. The number of oxime groups is 1. The van der Waals surface area contributed by atoms with Gasteiger partial charge in [-0.1, -0.05) is 17.3 Å². The van der Waals surface area contributed by atoms with Crippen molar-refractivity contribution >= 4 is 5.71 Å². The molecule has 1 heterocycles. The molecule has 0 saturated carbocycles. The topological polar surface area (TPSA) is 56.8 Å². The average Bonchev–Trinajstić information content (AvgIpc) is 2.73. The van der Waals surface area contributed by atoms with Crippen molar-refractivity contribution < 1.29 is 9.57 Å². The van der Waals surface area contributed by atoms with Crippen molar-refractivity contribution in [1.82, 2.24) is 0 Å². The molecule has 1 aromatic carbocycles. The van der Waals surface area contributed by atoms with Gasteiger partial charge in [-0.25, -0.2) is 0 Å². The van der Waals surface area contributed by atoms with Crippen LogP contribution in [0.3, 0.4) is 0 Å². The fraction of sp³-hybridized carbons (Fsp3) is 0.417. The van der Waals surface area contributed by atoms with E-state index in [4.69, 9.17) is 15.3 Å². The maximum absolute atomic E-state index is 5.64. The number of nitrogens with two attached hydrogens (primary N) is 1. The molecule has 0 fully saturated rings. The van der Waals surface area contributed by atoms with Crippen LogP contribution >= 0.6 is 0 Å². The van der Waals surface area contributed by atoms with Gasteiger partial charge in [-0.2, -0.15) is 0 Å². The lowest BCUT2D eigenvalue weighted by Gasteiger charge is -2.18. The normalized spacial score (nSPS) is 23.8. The highest BCUT2D eigenvalue weighted by atomic mass is 16.7. The van der Waals surface area contributed by atoms with E-state index in [-0.39, 0.29) is 5.60 Å². The van der Waals surface area contributed by atoms with Crippen LogP contribution in [0, 0.1) is 0 Å². The van der Waals surface area contributed by atoms with Gasteiger partial charge in [-0.15, -0.1) is 0 Å². The zero-order chi connectivity index (χ0) is 11.6. The highest BCUT2D eigenvalue weighted by Gasteiger charge is 2.33. The third-order valence-electron chi connectivity index (χ3n) is 2.75. The summed E-state index contributed by atoms with van der Waals surface area (Å²) < 4.78 is 5.17. The second-order valence-corrected chi connectivity index (χ2v) is 4.19. The Morgan fingerprint density at radius 2 is 2.38 bits per heavy atom. The minimum Gasteiger partial charge on any atom is -0.497 e. The van der Waals surface area contributed by atoms with Crippen molar-refractivity contribution in [3.63, 3.8) is 0 Å². The molecular formula is C12H16N2O2. The van der Waals surface area contributed by atoms with Crippen LogP contribution in [0.4, 0.5) is 0 Å². The Kier molecular flexibility index (Phi) is 2.83. The number of hydrogen-bond donors (Lipinski definition) is 1. The van der Waals surface area contributed by atoms with Crippen LogP contribution in [-0.2, 0) is 4.84 Å². The van der Waals surface area contributed by atoms with Gasteiger partial charge in [-0.05, 0) is 19.1 Å². The first kappa shape index (κ1) is 11.0. The van der Waals surface area contributed by atoms with E-state index >= 15 is 0 Å². The number of nitrogens with zero attached hydrogens (tertiary/aromatic N) is 1. The molecule has 1 aromatic rings. The quantitative estimate of drug-likeness (QED) is 0.840. The first-order valence-corrected chi connectivity index (χ1v) is 5.26. The number of rotatable bonds is 3. The summed E-state index contributed by atoms with van der Waals surface area (Å²) in [6.07, 6.45) is 0.733. The minimum absolute atomic E-state index is 0.363. The van der Waals surface area contributed by atoms with Crippen molar-refractivity contribution in [3.05, 3.63) is 29.8 Å². The van der Waals surface area contributed by atoms with Gasteiger partial charge in [0.2, 0.25) is 0 Å². The zero-order valence-corrected chi connectivity index (χ0v) is 9.56. The van der Waals surface area contributed by atoms with E-state index in [1.807, 2.05) is 31.2 Å². The fourth-order valence-corrected chi connectivity index (χ4v) is 1.65. The largest absolute Gasteiger partial charge is 0.497 e. The Bertz CT molecular complexity index is 417. The third-order valence-corrected chi connectivity index (χ3v) is 2.75. The molecule has 0 aliphatic carbocycles. The van der Waals surface area contributed by atoms with Crippen LogP contribution in [0.15, 0.2) is 29.4 Å². The maximum atomic E-state index is 5.64. The Morgan fingerprint density at radius 3 is 3.00 bits per heavy atom. The van der Waals surface area contributed by atoms with Gasteiger partial charge in [0, 0.05) is 18.5 Å². The molecule has 1 unspecified atom stereocenters. The Labute approximate surface area is 95.0 Å². The first-order valence-electron chi connectivity index (χ1n) is 5.26. The lowest BCUT2D eigenvalue weighted by atomic mass is 9.96. The zero-order valence-electron chi connectivity index (χ0n) is 9.56. The van der Waals surface area contributed by atoms with Gasteiger partial charge in [0.1, 0.15) is 5.75 Å². The molecule has 0 saturated heterocycles. The number of hydrogen-bond acceptors (Lipinski definition) is 4. The van der Waals surface area contributed by atoms with E-state index in [1.54, 1.807) is 7.11 Å². The minimum atomic E-state index is -0.363. The molecule has 0 amide bonds. The lowest BCUT2D eigenvalue weighted by Crippen LogP contribution is -2.34. The van der Waals surface area contributed by atoms with E-state index in [1.165, 1.54) is 0 Å². The summed E-state index contributed by atoms with van der Waals surface area (Å²) in [5.74, 6) is 0.821. The van der Waals surface area contributed by atoms with Crippen LogP contribution < -0.4 is 10.5 Å². The van der Waals surface area contributed by atoms with E-state index in [0.29, 0.717) is 6.54 Å². The Balaban J connectivity index is 2.20. The summed E-state index contributed by atoms with van der Waals surface area (Å²) >= 11 is 0. The Hall–Kier alpha value is -1.55. The van der Waals surface area contributed by atoms with E-state index < -0.39 is 0 Å². The summed E-state index contributed by atoms with van der Waals surface area (Å²) in [6.45, 7) is 2.42. The molecule has 4 heteroatoms. The predicted octanol–water partition coefficient (Wildman–Crippen LogP) is 1.54. The molecule has 2 rings (SSSR count). The molecule has 16 heavy (non-hydrogen) atoms. The molecule has 4 nitrogen and oxygen atoms in total. The molecule has 86 valence electrons. The third kappa shape index (κ3) is 2.02. The molecule has 0 spiro atoms. The van der Waals surface area contributed by atoms with Crippen molar-refractivity contribution in [3.8, 4) is 5.75 Å². The van der Waals surface area contributed by atoms with E-state index in [9.17, 15) is 0 Å².